The molecule has 1 aliphatic heterocycles. The van der Waals surface area contributed by atoms with Gasteiger partial charge in [0.15, 0.2) is 5.65 Å². The van der Waals surface area contributed by atoms with E-state index in [1.54, 1.807) is 7.05 Å². The molecule has 0 radical (unpaired) electrons. The molecular weight excluding hydrogens is 378 g/mol. The zero-order chi connectivity index (χ0) is 20.4. The van der Waals surface area contributed by atoms with Gasteiger partial charge in [-0.15, -0.1) is 0 Å². The number of carbonyl (C=O) groups is 1. The fourth-order valence-electron chi connectivity index (χ4n) is 3.39. The number of aromatic nitrogens is 4. The van der Waals surface area contributed by atoms with E-state index >= 15 is 0 Å². The molecular formula is C19H27N5O3S. The third kappa shape index (κ3) is 3.99. The number of nitrogens with zero attached hydrogens (tertiary/aromatic N) is 5. The SMILES string of the molecule is CCCc1nc(SCC(=O)N2CCC(C)CC2)c2c(=O)n(C)c(=O)n(C)c2n1. The first-order valence-corrected chi connectivity index (χ1v) is 10.7. The zero-order valence-electron chi connectivity index (χ0n) is 16.9. The molecule has 0 atom stereocenters. The maximum atomic E-state index is 12.7. The molecule has 2 aromatic rings. The summed E-state index contributed by atoms with van der Waals surface area (Å²) in [6.45, 7) is 5.79. The second kappa shape index (κ2) is 8.46. The molecule has 2 aromatic heterocycles. The molecule has 0 aromatic carbocycles. The summed E-state index contributed by atoms with van der Waals surface area (Å²) in [7, 11) is 3.04. The number of thioether (sulfide) groups is 1. The average molecular weight is 406 g/mol. The Hall–Kier alpha value is -2.16. The maximum Gasteiger partial charge on any atom is 0.332 e. The van der Waals surface area contributed by atoms with Gasteiger partial charge in [0, 0.05) is 33.6 Å². The molecule has 0 aliphatic carbocycles. The van der Waals surface area contributed by atoms with Crippen LogP contribution in [0, 0.1) is 5.92 Å². The number of rotatable bonds is 5. The molecule has 3 heterocycles. The lowest BCUT2D eigenvalue weighted by atomic mass is 9.99. The Labute approximate surface area is 168 Å². The highest BCUT2D eigenvalue weighted by atomic mass is 32.2. The number of piperidine rings is 1. The van der Waals surface area contributed by atoms with Gasteiger partial charge in [-0.2, -0.15) is 0 Å². The molecule has 0 spiro atoms. The Kier molecular flexibility index (Phi) is 6.22. The van der Waals surface area contributed by atoms with Gasteiger partial charge >= 0.3 is 5.69 Å². The lowest BCUT2D eigenvalue weighted by Gasteiger charge is -2.30. The molecule has 0 N–H and O–H groups in total. The highest BCUT2D eigenvalue weighted by Crippen LogP contribution is 2.24. The van der Waals surface area contributed by atoms with E-state index in [1.165, 1.54) is 23.4 Å². The smallest absolute Gasteiger partial charge is 0.332 e. The standard InChI is InChI=1S/C19H27N5O3S/c1-5-6-13-20-16-15(18(26)23(4)19(27)22(16)3)17(21-13)28-11-14(25)24-9-7-12(2)8-10-24/h12H,5-11H2,1-4H3. The topological polar surface area (TPSA) is 90.1 Å². The molecule has 1 amide bonds. The Morgan fingerprint density at radius 1 is 1.14 bits per heavy atom. The van der Waals surface area contributed by atoms with E-state index in [1.807, 2.05) is 11.8 Å². The summed E-state index contributed by atoms with van der Waals surface area (Å²) in [6, 6.07) is 0. The van der Waals surface area contributed by atoms with Crippen LogP contribution < -0.4 is 11.2 Å². The number of aryl methyl sites for hydroxylation is 2. The highest BCUT2D eigenvalue weighted by molar-refractivity contribution is 8.00. The molecule has 0 bridgehead atoms. The molecule has 0 saturated carbocycles. The van der Waals surface area contributed by atoms with Crippen LogP contribution in [0.3, 0.4) is 0 Å². The van der Waals surface area contributed by atoms with Crippen molar-refractivity contribution in [3.05, 3.63) is 26.7 Å². The van der Waals surface area contributed by atoms with Gasteiger partial charge < -0.3 is 4.90 Å². The van der Waals surface area contributed by atoms with Gasteiger partial charge in [0.2, 0.25) is 5.91 Å². The summed E-state index contributed by atoms with van der Waals surface area (Å²) in [6.07, 6.45) is 3.54. The zero-order valence-corrected chi connectivity index (χ0v) is 17.7. The normalized spacial score (nSPS) is 15.4. The molecule has 3 rings (SSSR count). The van der Waals surface area contributed by atoms with Crippen LogP contribution in [0.15, 0.2) is 14.6 Å². The van der Waals surface area contributed by atoms with E-state index < -0.39 is 11.2 Å². The minimum atomic E-state index is -0.428. The molecule has 152 valence electrons. The average Bonchev–Trinajstić information content (AvgIpc) is 2.69. The van der Waals surface area contributed by atoms with Crippen molar-refractivity contribution in [2.75, 3.05) is 18.8 Å². The van der Waals surface area contributed by atoms with Crippen LogP contribution in [0.1, 0.15) is 38.9 Å². The van der Waals surface area contributed by atoms with E-state index in [9.17, 15) is 14.4 Å². The third-order valence-electron chi connectivity index (χ3n) is 5.26. The van der Waals surface area contributed by atoms with Gasteiger partial charge in [-0.25, -0.2) is 14.8 Å². The Morgan fingerprint density at radius 3 is 2.46 bits per heavy atom. The van der Waals surface area contributed by atoms with Gasteiger partial charge in [0.25, 0.3) is 5.56 Å². The first-order chi connectivity index (χ1) is 13.3. The van der Waals surface area contributed by atoms with Crippen LogP contribution >= 0.6 is 11.8 Å². The van der Waals surface area contributed by atoms with E-state index in [0.29, 0.717) is 34.2 Å². The summed E-state index contributed by atoms with van der Waals surface area (Å²) in [4.78, 5) is 48.5. The van der Waals surface area contributed by atoms with Crippen molar-refractivity contribution in [1.29, 1.82) is 0 Å². The van der Waals surface area contributed by atoms with Gasteiger partial charge in [-0.3, -0.25) is 18.7 Å². The monoisotopic (exact) mass is 405 g/mol. The molecule has 8 nitrogen and oxygen atoms in total. The highest BCUT2D eigenvalue weighted by Gasteiger charge is 2.22. The number of fused-ring (bicyclic) bond motifs is 1. The fraction of sp³-hybridized carbons (Fsp3) is 0.632. The third-order valence-corrected chi connectivity index (χ3v) is 6.22. The van der Waals surface area contributed by atoms with Crippen LogP contribution in [0.5, 0.6) is 0 Å². The number of hydrogen-bond acceptors (Lipinski definition) is 6. The summed E-state index contributed by atoms with van der Waals surface area (Å²) < 4.78 is 2.43. The fourth-order valence-corrected chi connectivity index (χ4v) is 4.33. The Morgan fingerprint density at radius 2 is 1.82 bits per heavy atom. The molecule has 1 saturated heterocycles. The second-order valence-electron chi connectivity index (χ2n) is 7.45. The Balaban J connectivity index is 1.96. The first kappa shape index (κ1) is 20.6. The summed E-state index contributed by atoms with van der Waals surface area (Å²) in [5.74, 6) is 1.52. The van der Waals surface area contributed by atoms with Crippen molar-refractivity contribution in [2.24, 2.45) is 20.0 Å². The van der Waals surface area contributed by atoms with Crippen molar-refractivity contribution in [3.8, 4) is 0 Å². The molecule has 0 unspecified atom stereocenters. The molecule has 9 heteroatoms. The van der Waals surface area contributed by atoms with Crippen LogP contribution in [0.4, 0.5) is 0 Å². The number of carbonyl (C=O) groups excluding carboxylic acids is 1. The van der Waals surface area contributed by atoms with E-state index in [4.69, 9.17) is 0 Å². The lowest BCUT2D eigenvalue weighted by Crippen LogP contribution is -2.39. The number of hydrogen-bond donors (Lipinski definition) is 0. The van der Waals surface area contributed by atoms with E-state index in [2.05, 4.69) is 16.9 Å². The molecule has 1 aliphatic rings. The maximum absolute atomic E-state index is 12.7. The Bertz CT molecular complexity index is 1010. The van der Waals surface area contributed by atoms with Crippen LogP contribution in [0.2, 0.25) is 0 Å². The summed E-state index contributed by atoms with van der Waals surface area (Å²) >= 11 is 1.26. The van der Waals surface area contributed by atoms with E-state index in [0.717, 1.165) is 36.9 Å². The molecule has 1 fully saturated rings. The van der Waals surface area contributed by atoms with Gasteiger partial charge in [-0.05, 0) is 25.2 Å². The predicted molar refractivity (Wildman–Crippen MR) is 110 cm³/mol. The van der Waals surface area contributed by atoms with Crippen molar-refractivity contribution in [2.45, 2.75) is 44.6 Å². The summed E-state index contributed by atoms with van der Waals surface area (Å²) in [5, 5.41) is 0.776. The van der Waals surface area contributed by atoms with Gasteiger partial charge in [0.1, 0.15) is 16.2 Å². The number of likely N-dealkylation sites (tertiary alicyclic amines) is 1. The quantitative estimate of drug-likeness (QED) is 0.551. The predicted octanol–water partition coefficient (Wildman–Crippen LogP) is 1.33. The lowest BCUT2D eigenvalue weighted by molar-refractivity contribution is -0.129. The van der Waals surface area contributed by atoms with Crippen LogP contribution in [0.25, 0.3) is 11.0 Å². The van der Waals surface area contributed by atoms with Crippen LogP contribution in [-0.2, 0) is 25.3 Å². The van der Waals surface area contributed by atoms with Gasteiger partial charge in [-0.1, -0.05) is 25.6 Å². The van der Waals surface area contributed by atoms with Crippen molar-refractivity contribution < 1.29 is 4.79 Å². The van der Waals surface area contributed by atoms with Gasteiger partial charge in [0.05, 0.1) is 5.75 Å². The summed E-state index contributed by atoms with van der Waals surface area (Å²) in [5.41, 5.74) is -0.524. The second-order valence-corrected chi connectivity index (χ2v) is 8.42. The van der Waals surface area contributed by atoms with Crippen molar-refractivity contribution in [1.82, 2.24) is 24.0 Å². The minimum absolute atomic E-state index is 0.0577. The van der Waals surface area contributed by atoms with Crippen molar-refractivity contribution >= 4 is 28.7 Å². The number of amides is 1. The largest absolute Gasteiger partial charge is 0.342 e. The first-order valence-electron chi connectivity index (χ1n) is 9.70. The van der Waals surface area contributed by atoms with E-state index in [-0.39, 0.29) is 11.7 Å². The molecule has 28 heavy (non-hydrogen) atoms. The van der Waals surface area contributed by atoms with Crippen molar-refractivity contribution in [3.63, 3.8) is 0 Å². The van der Waals surface area contributed by atoms with Crippen LogP contribution in [-0.4, -0.2) is 48.8 Å². The minimum Gasteiger partial charge on any atom is -0.342 e.